The maximum Gasteiger partial charge on any atom is 0.331 e. The van der Waals surface area contributed by atoms with E-state index in [1.807, 2.05) is 18.2 Å². The van der Waals surface area contributed by atoms with Crippen molar-refractivity contribution >= 4 is 11.8 Å². The monoisotopic (exact) mass is 309 g/mol. The zero-order chi connectivity index (χ0) is 16.7. The Balaban J connectivity index is 2.20. The molecule has 0 amide bonds. The van der Waals surface area contributed by atoms with Crippen molar-refractivity contribution in [3.05, 3.63) is 60.2 Å². The molecule has 5 nitrogen and oxygen atoms in total. The van der Waals surface area contributed by atoms with Gasteiger partial charge in [-0.15, -0.1) is 0 Å². The van der Waals surface area contributed by atoms with Crippen LogP contribution in [-0.4, -0.2) is 18.4 Å². The minimum absolute atomic E-state index is 0.113. The number of esters is 1. The van der Waals surface area contributed by atoms with Crippen LogP contribution in [0, 0.1) is 17.2 Å². The van der Waals surface area contributed by atoms with E-state index >= 15 is 0 Å². The number of carbonyl (C=O) groups excluding carboxylic acids is 2. The molecule has 2 aromatic carbocycles. The largest absolute Gasteiger partial charge is 0.465 e. The molecule has 0 aliphatic carbocycles. The molecular weight excluding hydrogens is 294 g/mol. The van der Waals surface area contributed by atoms with Crippen molar-refractivity contribution in [2.45, 2.75) is 6.92 Å². The van der Waals surface area contributed by atoms with E-state index in [1.54, 1.807) is 37.3 Å². The lowest BCUT2D eigenvalue weighted by molar-refractivity contribution is -0.144. The summed E-state index contributed by atoms with van der Waals surface area (Å²) >= 11 is 0. The van der Waals surface area contributed by atoms with Crippen molar-refractivity contribution < 1.29 is 19.1 Å². The van der Waals surface area contributed by atoms with Crippen LogP contribution in [0.2, 0.25) is 0 Å². The van der Waals surface area contributed by atoms with Gasteiger partial charge in [0.25, 0.3) is 0 Å². The summed E-state index contributed by atoms with van der Waals surface area (Å²) in [6, 6.07) is 17.1. The number of para-hydroxylation sites is 1. The van der Waals surface area contributed by atoms with Gasteiger partial charge in [0.05, 0.1) is 12.7 Å². The molecule has 1 unspecified atom stereocenters. The Kier molecular flexibility index (Phi) is 5.48. The van der Waals surface area contributed by atoms with Gasteiger partial charge >= 0.3 is 5.97 Å². The van der Waals surface area contributed by atoms with Gasteiger partial charge in [-0.3, -0.25) is 9.59 Å². The highest BCUT2D eigenvalue weighted by molar-refractivity contribution is 6.10. The van der Waals surface area contributed by atoms with E-state index in [4.69, 9.17) is 14.7 Å². The van der Waals surface area contributed by atoms with E-state index < -0.39 is 17.7 Å². The van der Waals surface area contributed by atoms with Gasteiger partial charge < -0.3 is 9.47 Å². The summed E-state index contributed by atoms with van der Waals surface area (Å²) in [7, 11) is 0. The summed E-state index contributed by atoms with van der Waals surface area (Å²) in [6.45, 7) is 1.73. The van der Waals surface area contributed by atoms with E-state index in [0.29, 0.717) is 11.5 Å². The smallest absolute Gasteiger partial charge is 0.331 e. The molecule has 0 heterocycles. The molecule has 116 valence electrons. The highest BCUT2D eigenvalue weighted by atomic mass is 16.5. The van der Waals surface area contributed by atoms with Crippen LogP contribution in [0.25, 0.3) is 0 Å². The van der Waals surface area contributed by atoms with Crippen LogP contribution in [0.3, 0.4) is 0 Å². The fraction of sp³-hybridized carbons (Fsp3) is 0.167. The fourth-order valence-electron chi connectivity index (χ4n) is 1.95. The highest BCUT2D eigenvalue weighted by Gasteiger charge is 2.29. The molecule has 2 aromatic rings. The maximum absolute atomic E-state index is 12.3. The number of nitriles is 1. The summed E-state index contributed by atoms with van der Waals surface area (Å²) in [5.74, 6) is -1.84. The van der Waals surface area contributed by atoms with Crippen LogP contribution in [-0.2, 0) is 9.53 Å². The lowest BCUT2D eigenvalue weighted by Gasteiger charge is -2.09. The van der Waals surface area contributed by atoms with Gasteiger partial charge in [-0.25, -0.2) is 0 Å². The number of benzene rings is 2. The normalized spacial score (nSPS) is 11.1. The number of Topliss-reactive ketones (excluding diaryl/α,β-unsaturated/α-hetero) is 1. The Bertz CT molecular complexity index is 734. The third-order valence-corrected chi connectivity index (χ3v) is 3.01. The topological polar surface area (TPSA) is 76.4 Å². The molecule has 0 spiro atoms. The van der Waals surface area contributed by atoms with Gasteiger partial charge in [0.15, 0.2) is 5.78 Å². The first-order valence-electron chi connectivity index (χ1n) is 7.09. The van der Waals surface area contributed by atoms with E-state index in [-0.39, 0.29) is 12.2 Å². The number of nitrogens with zero attached hydrogens (tertiary/aromatic N) is 1. The van der Waals surface area contributed by atoms with Crippen LogP contribution < -0.4 is 4.74 Å². The molecule has 0 aliphatic rings. The number of ketones is 1. The average molecular weight is 309 g/mol. The third-order valence-electron chi connectivity index (χ3n) is 3.01. The number of hydrogen-bond donors (Lipinski definition) is 0. The second kappa shape index (κ2) is 7.76. The van der Waals surface area contributed by atoms with Crippen molar-refractivity contribution in [2.24, 2.45) is 5.92 Å². The molecule has 0 saturated heterocycles. The van der Waals surface area contributed by atoms with Gasteiger partial charge in [0.1, 0.15) is 11.5 Å². The average Bonchev–Trinajstić information content (AvgIpc) is 2.57. The standard InChI is InChI=1S/C18H15NO4/c1-2-22-18(21)16(12-19)17(20)13-7-6-10-15(11-13)23-14-8-4-3-5-9-14/h3-11,16H,2H2,1H3. The Hall–Kier alpha value is -3.13. The number of ether oxygens (including phenoxy) is 2. The van der Waals surface area contributed by atoms with Crippen LogP contribution in [0.5, 0.6) is 11.5 Å². The number of carbonyl (C=O) groups is 2. The predicted octanol–water partition coefficient (Wildman–Crippen LogP) is 3.36. The SMILES string of the molecule is CCOC(=O)C(C#N)C(=O)c1cccc(Oc2ccccc2)c1. The molecule has 0 radical (unpaired) electrons. The fourth-order valence-corrected chi connectivity index (χ4v) is 1.95. The van der Waals surface area contributed by atoms with Crippen LogP contribution in [0.1, 0.15) is 17.3 Å². The van der Waals surface area contributed by atoms with Crippen molar-refractivity contribution in [1.29, 1.82) is 5.26 Å². The van der Waals surface area contributed by atoms with Crippen LogP contribution in [0.15, 0.2) is 54.6 Å². The van der Waals surface area contributed by atoms with Gasteiger partial charge in [-0.05, 0) is 31.2 Å². The van der Waals surface area contributed by atoms with E-state index in [1.165, 1.54) is 12.1 Å². The maximum atomic E-state index is 12.3. The third kappa shape index (κ3) is 4.17. The molecule has 23 heavy (non-hydrogen) atoms. The summed E-state index contributed by atoms with van der Waals surface area (Å²) in [4.78, 5) is 24.0. The number of rotatable bonds is 6. The van der Waals surface area contributed by atoms with E-state index in [2.05, 4.69) is 0 Å². The summed E-state index contributed by atoms with van der Waals surface area (Å²) in [6.07, 6.45) is 0. The van der Waals surface area contributed by atoms with Crippen molar-refractivity contribution in [2.75, 3.05) is 6.61 Å². The molecule has 0 aliphatic heterocycles. The predicted molar refractivity (Wildman–Crippen MR) is 83.0 cm³/mol. The highest BCUT2D eigenvalue weighted by Crippen LogP contribution is 2.23. The Morgan fingerprint density at radius 2 is 1.78 bits per heavy atom. The Morgan fingerprint density at radius 3 is 2.43 bits per heavy atom. The summed E-state index contributed by atoms with van der Waals surface area (Å²) < 4.78 is 10.4. The molecule has 0 N–H and O–H groups in total. The Labute approximate surface area is 134 Å². The van der Waals surface area contributed by atoms with E-state index in [0.717, 1.165) is 0 Å². The zero-order valence-corrected chi connectivity index (χ0v) is 12.6. The lowest BCUT2D eigenvalue weighted by Crippen LogP contribution is -2.25. The molecule has 5 heteroatoms. The first-order chi connectivity index (χ1) is 11.2. The zero-order valence-electron chi connectivity index (χ0n) is 12.6. The van der Waals surface area contributed by atoms with Gasteiger partial charge in [0, 0.05) is 5.56 Å². The van der Waals surface area contributed by atoms with Gasteiger partial charge in [-0.2, -0.15) is 5.26 Å². The van der Waals surface area contributed by atoms with Gasteiger partial charge in [0.2, 0.25) is 5.92 Å². The van der Waals surface area contributed by atoms with Crippen molar-refractivity contribution in [3.63, 3.8) is 0 Å². The second-order valence-electron chi connectivity index (χ2n) is 4.62. The molecule has 0 fully saturated rings. The molecule has 0 saturated carbocycles. The van der Waals surface area contributed by atoms with E-state index in [9.17, 15) is 9.59 Å². The second-order valence-corrected chi connectivity index (χ2v) is 4.62. The first-order valence-corrected chi connectivity index (χ1v) is 7.09. The summed E-state index contributed by atoms with van der Waals surface area (Å²) in [5, 5.41) is 9.06. The molecule has 0 bridgehead atoms. The van der Waals surface area contributed by atoms with Gasteiger partial charge in [-0.1, -0.05) is 30.3 Å². The van der Waals surface area contributed by atoms with Crippen LogP contribution in [0.4, 0.5) is 0 Å². The quantitative estimate of drug-likeness (QED) is 0.464. The number of hydrogen-bond acceptors (Lipinski definition) is 5. The Morgan fingerprint density at radius 1 is 1.09 bits per heavy atom. The van der Waals surface area contributed by atoms with Crippen LogP contribution >= 0.6 is 0 Å². The minimum Gasteiger partial charge on any atom is -0.465 e. The minimum atomic E-state index is -1.47. The molecule has 1 atom stereocenters. The molecule has 0 aromatic heterocycles. The lowest BCUT2D eigenvalue weighted by atomic mass is 9.99. The summed E-state index contributed by atoms with van der Waals surface area (Å²) in [5.41, 5.74) is 0.220. The van der Waals surface area contributed by atoms with Crippen molar-refractivity contribution in [3.8, 4) is 17.6 Å². The first kappa shape index (κ1) is 16.2. The molecule has 2 rings (SSSR count). The molecular formula is C18H15NO4. The van der Waals surface area contributed by atoms with Crippen molar-refractivity contribution in [1.82, 2.24) is 0 Å².